The maximum Gasteiger partial charge on any atom is 0.336 e. The number of rotatable bonds is 9. The third kappa shape index (κ3) is 6.20. The Bertz CT molecular complexity index is 1360. The molecular formula is C27H20ClNO5S. The van der Waals surface area contributed by atoms with Gasteiger partial charge in [-0.2, -0.15) is 0 Å². The van der Waals surface area contributed by atoms with Gasteiger partial charge >= 0.3 is 5.97 Å². The fourth-order valence-electron chi connectivity index (χ4n) is 3.24. The van der Waals surface area contributed by atoms with E-state index in [-0.39, 0.29) is 22.6 Å². The Balaban J connectivity index is 1.48. The van der Waals surface area contributed by atoms with E-state index in [4.69, 9.17) is 21.1 Å². The molecule has 6 nitrogen and oxygen atoms in total. The number of methoxy groups -OCH3 is 1. The highest BCUT2D eigenvalue weighted by molar-refractivity contribution is 7.99. The predicted molar refractivity (Wildman–Crippen MR) is 134 cm³/mol. The number of ketones is 1. The summed E-state index contributed by atoms with van der Waals surface area (Å²) in [7, 11) is 1.58. The molecule has 0 aliphatic rings. The molecule has 1 heterocycles. The van der Waals surface area contributed by atoms with Crippen LogP contribution in [0.25, 0.3) is 0 Å². The number of hydrogen-bond acceptors (Lipinski definition) is 6. The van der Waals surface area contributed by atoms with Crippen LogP contribution in [-0.4, -0.2) is 29.0 Å². The molecule has 0 fully saturated rings. The number of carboxylic acid groups (broad SMARTS) is 1. The van der Waals surface area contributed by atoms with Crippen molar-refractivity contribution >= 4 is 35.1 Å². The molecule has 0 bridgehead atoms. The molecular weight excluding hydrogens is 486 g/mol. The largest absolute Gasteiger partial charge is 0.497 e. The van der Waals surface area contributed by atoms with Gasteiger partial charge in [-0.3, -0.25) is 4.79 Å². The van der Waals surface area contributed by atoms with Crippen molar-refractivity contribution in [2.45, 2.75) is 16.4 Å². The van der Waals surface area contributed by atoms with Gasteiger partial charge in [0, 0.05) is 20.4 Å². The molecule has 0 aliphatic heterocycles. The number of carboxylic acids is 1. The highest BCUT2D eigenvalue weighted by Crippen LogP contribution is 2.32. The van der Waals surface area contributed by atoms with Gasteiger partial charge in [0.15, 0.2) is 0 Å². The second kappa shape index (κ2) is 11.1. The average molecular weight is 506 g/mol. The maximum absolute atomic E-state index is 13.0. The van der Waals surface area contributed by atoms with Crippen LogP contribution in [0.15, 0.2) is 94.9 Å². The topological polar surface area (TPSA) is 85.7 Å². The van der Waals surface area contributed by atoms with E-state index in [1.807, 2.05) is 30.3 Å². The maximum atomic E-state index is 13.0. The lowest BCUT2D eigenvalue weighted by Gasteiger charge is -2.10. The van der Waals surface area contributed by atoms with Crippen molar-refractivity contribution in [3.8, 4) is 11.5 Å². The molecule has 176 valence electrons. The number of aromatic nitrogens is 1. The van der Waals surface area contributed by atoms with Crippen LogP contribution in [-0.2, 0) is 6.61 Å². The normalized spacial score (nSPS) is 10.6. The summed E-state index contributed by atoms with van der Waals surface area (Å²) in [5.74, 6) is -0.288. The number of carbonyl (C=O) groups is 2. The van der Waals surface area contributed by atoms with Gasteiger partial charge in [-0.1, -0.05) is 35.5 Å². The first-order valence-electron chi connectivity index (χ1n) is 10.5. The molecule has 1 aromatic heterocycles. The van der Waals surface area contributed by atoms with Crippen LogP contribution in [0.1, 0.15) is 32.0 Å². The van der Waals surface area contributed by atoms with Crippen molar-refractivity contribution in [1.82, 2.24) is 4.98 Å². The van der Waals surface area contributed by atoms with E-state index >= 15 is 0 Å². The number of pyridine rings is 1. The Hall–Kier alpha value is -3.81. The van der Waals surface area contributed by atoms with Crippen LogP contribution >= 0.6 is 23.4 Å². The fourth-order valence-corrected chi connectivity index (χ4v) is 4.37. The summed E-state index contributed by atoms with van der Waals surface area (Å²) >= 11 is 7.28. The summed E-state index contributed by atoms with van der Waals surface area (Å²) in [6.45, 7) is 0.310. The fraction of sp³-hybridized carbons (Fsp3) is 0.0741. The van der Waals surface area contributed by atoms with Crippen LogP contribution in [0.3, 0.4) is 0 Å². The predicted octanol–water partition coefficient (Wildman–Crippen LogP) is 6.40. The summed E-state index contributed by atoms with van der Waals surface area (Å²) in [6, 6.07) is 22.4. The first-order valence-corrected chi connectivity index (χ1v) is 11.7. The van der Waals surface area contributed by atoms with Gasteiger partial charge in [0.05, 0.1) is 18.9 Å². The van der Waals surface area contributed by atoms with Gasteiger partial charge in [0.2, 0.25) is 5.78 Å². The van der Waals surface area contributed by atoms with Gasteiger partial charge in [-0.05, 0) is 72.3 Å². The minimum atomic E-state index is -1.12. The standard InChI is InChI=1S/C27H20ClNO5S/c1-33-20-6-9-22(10-7-20)35-25-12-5-18(14-23(25)27(31)32)26(30)24-11-8-21(15-29-24)34-16-17-3-2-4-19(28)13-17/h2-15H,16H2,1H3,(H,31,32). The number of ether oxygens (including phenoxy) is 2. The minimum Gasteiger partial charge on any atom is -0.497 e. The first kappa shape index (κ1) is 24.3. The Labute approximate surface area is 211 Å². The van der Waals surface area contributed by atoms with E-state index in [1.54, 1.807) is 49.6 Å². The molecule has 0 atom stereocenters. The molecule has 0 amide bonds. The summed E-state index contributed by atoms with van der Waals surface area (Å²) in [5.41, 5.74) is 1.37. The minimum absolute atomic E-state index is 0.0399. The Morgan fingerprint density at radius 1 is 0.971 bits per heavy atom. The second-order valence-electron chi connectivity index (χ2n) is 7.42. The van der Waals surface area contributed by atoms with Crippen molar-refractivity contribution in [3.63, 3.8) is 0 Å². The summed E-state index contributed by atoms with van der Waals surface area (Å²) < 4.78 is 10.9. The van der Waals surface area contributed by atoms with E-state index in [2.05, 4.69) is 4.98 Å². The van der Waals surface area contributed by atoms with Crippen molar-refractivity contribution in [3.05, 3.63) is 112 Å². The van der Waals surface area contributed by atoms with Crippen molar-refractivity contribution in [2.24, 2.45) is 0 Å². The van der Waals surface area contributed by atoms with Crippen molar-refractivity contribution < 1.29 is 24.2 Å². The van der Waals surface area contributed by atoms with Crippen LogP contribution in [0.5, 0.6) is 11.5 Å². The monoisotopic (exact) mass is 505 g/mol. The Kier molecular flexibility index (Phi) is 7.70. The highest BCUT2D eigenvalue weighted by atomic mass is 35.5. The number of hydrogen-bond donors (Lipinski definition) is 1. The molecule has 0 saturated carbocycles. The molecule has 35 heavy (non-hydrogen) atoms. The number of carbonyl (C=O) groups excluding carboxylic acids is 1. The van der Waals surface area contributed by atoms with E-state index in [9.17, 15) is 14.7 Å². The molecule has 8 heteroatoms. The lowest BCUT2D eigenvalue weighted by molar-refractivity contribution is 0.0693. The zero-order valence-corrected chi connectivity index (χ0v) is 20.2. The SMILES string of the molecule is COc1ccc(Sc2ccc(C(=O)c3ccc(OCc4cccc(Cl)c4)cn3)cc2C(=O)O)cc1. The molecule has 4 rings (SSSR count). The number of benzene rings is 3. The van der Waals surface area contributed by atoms with E-state index < -0.39 is 5.97 Å². The molecule has 3 aromatic carbocycles. The molecule has 0 saturated heterocycles. The average Bonchev–Trinajstić information content (AvgIpc) is 2.88. The number of aromatic carboxylic acids is 1. The summed E-state index contributed by atoms with van der Waals surface area (Å²) in [5, 5.41) is 10.3. The molecule has 1 N–H and O–H groups in total. The Morgan fingerprint density at radius 3 is 2.40 bits per heavy atom. The lowest BCUT2D eigenvalue weighted by atomic mass is 10.0. The lowest BCUT2D eigenvalue weighted by Crippen LogP contribution is -2.07. The van der Waals surface area contributed by atoms with Gasteiger partial charge in [0.1, 0.15) is 23.8 Å². The third-order valence-corrected chi connectivity index (χ3v) is 6.34. The zero-order valence-electron chi connectivity index (χ0n) is 18.6. The summed E-state index contributed by atoms with van der Waals surface area (Å²) in [4.78, 5) is 30.4. The van der Waals surface area contributed by atoms with Gasteiger partial charge in [-0.15, -0.1) is 0 Å². The van der Waals surface area contributed by atoms with E-state index in [1.165, 1.54) is 24.0 Å². The molecule has 0 aliphatic carbocycles. The van der Waals surface area contributed by atoms with Gasteiger partial charge in [-0.25, -0.2) is 9.78 Å². The van der Waals surface area contributed by atoms with Crippen molar-refractivity contribution in [2.75, 3.05) is 7.11 Å². The summed E-state index contributed by atoms with van der Waals surface area (Å²) in [6.07, 6.45) is 1.46. The number of nitrogens with zero attached hydrogens (tertiary/aromatic N) is 1. The highest BCUT2D eigenvalue weighted by Gasteiger charge is 2.17. The molecule has 0 radical (unpaired) electrons. The van der Waals surface area contributed by atoms with Crippen molar-refractivity contribution in [1.29, 1.82) is 0 Å². The smallest absolute Gasteiger partial charge is 0.336 e. The Morgan fingerprint density at radius 2 is 1.74 bits per heavy atom. The zero-order chi connectivity index (χ0) is 24.8. The van der Waals surface area contributed by atoms with E-state index in [0.717, 1.165) is 10.5 Å². The van der Waals surface area contributed by atoms with Crippen LogP contribution in [0, 0.1) is 0 Å². The quantitative estimate of drug-likeness (QED) is 0.263. The van der Waals surface area contributed by atoms with Crippen LogP contribution in [0.2, 0.25) is 5.02 Å². The van der Waals surface area contributed by atoms with Gasteiger partial charge in [0.25, 0.3) is 0 Å². The van der Waals surface area contributed by atoms with Crippen LogP contribution < -0.4 is 9.47 Å². The molecule has 4 aromatic rings. The number of halogens is 1. The third-order valence-electron chi connectivity index (χ3n) is 5.02. The van der Waals surface area contributed by atoms with Crippen LogP contribution in [0.4, 0.5) is 0 Å². The second-order valence-corrected chi connectivity index (χ2v) is 8.97. The molecule has 0 spiro atoms. The first-order chi connectivity index (χ1) is 16.9. The molecule has 0 unspecified atom stereocenters. The van der Waals surface area contributed by atoms with Gasteiger partial charge < -0.3 is 14.6 Å². The van der Waals surface area contributed by atoms with E-state index in [0.29, 0.717) is 28.0 Å².